The van der Waals surface area contributed by atoms with Crippen molar-refractivity contribution >= 4 is 28.3 Å². The highest BCUT2D eigenvalue weighted by Crippen LogP contribution is 2.26. The van der Waals surface area contributed by atoms with Crippen molar-refractivity contribution in [3.63, 3.8) is 0 Å². The van der Waals surface area contributed by atoms with Crippen LogP contribution < -0.4 is 16.0 Å². The fourth-order valence-corrected chi connectivity index (χ4v) is 3.38. The second-order valence-corrected chi connectivity index (χ2v) is 6.35. The number of nitrogens with zero attached hydrogens (tertiary/aromatic N) is 2. The molecule has 1 saturated heterocycles. The number of carbonyl (C=O) groups excluding carboxylic acids is 1. The van der Waals surface area contributed by atoms with Gasteiger partial charge in [0, 0.05) is 30.2 Å². The van der Waals surface area contributed by atoms with Crippen LogP contribution in [0, 0.1) is 0 Å². The second-order valence-electron chi connectivity index (χ2n) is 6.35. The first-order valence-corrected chi connectivity index (χ1v) is 8.47. The van der Waals surface area contributed by atoms with E-state index in [2.05, 4.69) is 22.3 Å². The Labute approximate surface area is 146 Å². The molecule has 1 atom stereocenters. The minimum absolute atomic E-state index is 0.354. The van der Waals surface area contributed by atoms with Gasteiger partial charge in [-0.3, -0.25) is 4.79 Å². The largest absolute Gasteiger partial charge is 0.380 e. The Bertz CT molecular complexity index is 910. The summed E-state index contributed by atoms with van der Waals surface area (Å²) < 4.78 is 0. The molecular formula is C20H20N4O. The number of hydrogen-bond donors (Lipinski definition) is 2. The van der Waals surface area contributed by atoms with Crippen molar-refractivity contribution < 1.29 is 4.79 Å². The molecule has 5 heteroatoms. The molecule has 0 saturated carbocycles. The summed E-state index contributed by atoms with van der Waals surface area (Å²) in [6.45, 7) is 1.74. The van der Waals surface area contributed by atoms with Gasteiger partial charge >= 0.3 is 0 Å². The number of nitrogens with two attached hydrogens (primary N) is 1. The van der Waals surface area contributed by atoms with Crippen molar-refractivity contribution in [1.29, 1.82) is 0 Å². The number of fused-ring (bicyclic) bond motifs is 1. The van der Waals surface area contributed by atoms with E-state index in [1.807, 2.05) is 48.5 Å². The third-order valence-electron chi connectivity index (χ3n) is 4.62. The van der Waals surface area contributed by atoms with Gasteiger partial charge in [-0.05, 0) is 30.7 Å². The Hall–Kier alpha value is -3.08. The zero-order chi connectivity index (χ0) is 17.2. The van der Waals surface area contributed by atoms with Crippen molar-refractivity contribution in [2.24, 2.45) is 5.73 Å². The first-order chi connectivity index (χ1) is 12.2. The summed E-state index contributed by atoms with van der Waals surface area (Å²) in [5.41, 5.74) is 8.03. The van der Waals surface area contributed by atoms with E-state index in [0.717, 1.165) is 41.9 Å². The van der Waals surface area contributed by atoms with Crippen LogP contribution in [0.25, 0.3) is 10.9 Å². The third kappa shape index (κ3) is 3.13. The van der Waals surface area contributed by atoms with E-state index in [1.165, 1.54) is 0 Å². The van der Waals surface area contributed by atoms with Crippen molar-refractivity contribution in [2.75, 3.05) is 23.3 Å². The zero-order valence-electron chi connectivity index (χ0n) is 13.9. The second kappa shape index (κ2) is 6.43. The van der Waals surface area contributed by atoms with Gasteiger partial charge in [-0.2, -0.15) is 0 Å². The molecule has 4 rings (SSSR count). The maximum Gasteiger partial charge on any atom is 0.249 e. The van der Waals surface area contributed by atoms with Crippen LogP contribution >= 0.6 is 0 Å². The first-order valence-electron chi connectivity index (χ1n) is 8.47. The van der Waals surface area contributed by atoms with Gasteiger partial charge in [-0.1, -0.05) is 36.4 Å². The molecule has 0 bridgehead atoms. The Balaban J connectivity index is 1.59. The molecule has 2 heterocycles. The third-order valence-corrected chi connectivity index (χ3v) is 4.62. The van der Waals surface area contributed by atoms with E-state index in [4.69, 9.17) is 10.7 Å². The molecule has 0 aliphatic carbocycles. The van der Waals surface area contributed by atoms with Crippen LogP contribution in [0.1, 0.15) is 16.8 Å². The zero-order valence-corrected chi connectivity index (χ0v) is 13.9. The molecule has 5 nitrogen and oxygen atoms in total. The average molecular weight is 332 g/mol. The van der Waals surface area contributed by atoms with Crippen LogP contribution in [0.4, 0.5) is 11.5 Å². The molecule has 1 aromatic heterocycles. The molecule has 0 spiro atoms. The summed E-state index contributed by atoms with van der Waals surface area (Å²) in [5, 5.41) is 4.36. The lowest BCUT2D eigenvalue weighted by molar-refractivity contribution is 0.100. The fraction of sp³-hybridized carbons (Fsp3) is 0.200. The smallest absolute Gasteiger partial charge is 0.249 e. The highest BCUT2D eigenvalue weighted by Gasteiger charge is 2.24. The Morgan fingerprint density at radius 1 is 1.12 bits per heavy atom. The van der Waals surface area contributed by atoms with Crippen LogP contribution in [0.15, 0.2) is 60.7 Å². The van der Waals surface area contributed by atoms with Gasteiger partial charge in [-0.25, -0.2) is 4.98 Å². The Morgan fingerprint density at radius 2 is 1.88 bits per heavy atom. The number of benzene rings is 2. The van der Waals surface area contributed by atoms with Gasteiger partial charge in [0.2, 0.25) is 5.91 Å². The summed E-state index contributed by atoms with van der Waals surface area (Å²) in [6, 6.07) is 20.0. The van der Waals surface area contributed by atoms with Gasteiger partial charge in [0.15, 0.2) is 0 Å². The van der Waals surface area contributed by atoms with Crippen molar-refractivity contribution in [3.8, 4) is 0 Å². The normalized spacial score (nSPS) is 17.0. The summed E-state index contributed by atoms with van der Waals surface area (Å²) >= 11 is 0. The molecule has 25 heavy (non-hydrogen) atoms. The van der Waals surface area contributed by atoms with E-state index in [9.17, 15) is 4.79 Å². The highest BCUT2D eigenvalue weighted by atomic mass is 16.1. The summed E-state index contributed by atoms with van der Waals surface area (Å²) in [5.74, 6) is 0.392. The molecule has 1 fully saturated rings. The van der Waals surface area contributed by atoms with E-state index in [0.29, 0.717) is 11.6 Å². The van der Waals surface area contributed by atoms with Crippen LogP contribution in [0.2, 0.25) is 0 Å². The van der Waals surface area contributed by atoms with Gasteiger partial charge in [-0.15, -0.1) is 0 Å². The Kier molecular flexibility index (Phi) is 3.98. The summed E-state index contributed by atoms with van der Waals surface area (Å²) in [7, 11) is 0. The lowest BCUT2D eigenvalue weighted by Crippen LogP contribution is -2.27. The van der Waals surface area contributed by atoms with Crippen LogP contribution in [-0.4, -0.2) is 30.0 Å². The number of para-hydroxylation sites is 2. The first kappa shape index (κ1) is 15.4. The number of pyridine rings is 1. The quantitative estimate of drug-likeness (QED) is 0.770. The molecular weight excluding hydrogens is 312 g/mol. The fourth-order valence-electron chi connectivity index (χ4n) is 3.38. The van der Waals surface area contributed by atoms with E-state index >= 15 is 0 Å². The number of amides is 1. The molecule has 3 aromatic rings. The average Bonchev–Trinajstić information content (AvgIpc) is 3.10. The van der Waals surface area contributed by atoms with Crippen LogP contribution in [-0.2, 0) is 0 Å². The predicted octanol–water partition coefficient (Wildman–Crippen LogP) is 3.02. The van der Waals surface area contributed by atoms with Gasteiger partial charge in [0.05, 0.1) is 11.1 Å². The standard InChI is InChI=1S/C20H20N4O/c21-20(25)17-12-19(23-18-9-5-4-8-16(17)18)24-11-10-15(13-24)22-14-6-2-1-3-7-14/h1-9,12,15,22H,10-11,13H2,(H2,21,25)/t15-/m0/s1. The molecule has 1 aliphatic rings. The number of carbonyl (C=O) groups is 1. The SMILES string of the molecule is NC(=O)c1cc(N2CC[C@H](Nc3ccccc3)C2)nc2ccccc12. The van der Waals surface area contributed by atoms with Gasteiger partial charge in [0.1, 0.15) is 5.82 Å². The molecule has 1 amide bonds. The minimum atomic E-state index is -0.419. The number of nitrogens with one attached hydrogen (secondary N) is 1. The molecule has 0 unspecified atom stereocenters. The monoisotopic (exact) mass is 332 g/mol. The van der Waals surface area contributed by atoms with Crippen molar-refractivity contribution in [1.82, 2.24) is 4.98 Å². The Morgan fingerprint density at radius 3 is 2.68 bits per heavy atom. The van der Waals surface area contributed by atoms with E-state index in [-0.39, 0.29) is 0 Å². The minimum Gasteiger partial charge on any atom is -0.380 e. The number of aromatic nitrogens is 1. The number of rotatable bonds is 4. The lowest BCUT2D eigenvalue weighted by atomic mass is 10.1. The number of primary amides is 1. The molecule has 3 N–H and O–H groups in total. The van der Waals surface area contributed by atoms with Gasteiger partial charge < -0.3 is 16.0 Å². The predicted molar refractivity (Wildman–Crippen MR) is 101 cm³/mol. The summed E-state index contributed by atoms with van der Waals surface area (Å²) in [4.78, 5) is 18.8. The lowest BCUT2D eigenvalue weighted by Gasteiger charge is -2.20. The number of hydrogen-bond acceptors (Lipinski definition) is 4. The molecule has 2 aromatic carbocycles. The number of anilines is 2. The maximum absolute atomic E-state index is 11.9. The van der Waals surface area contributed by atoms with Gasteiger partial charge in [0.25, 0.3) is 0 Å². The van der Waals surface area contributed by atoms with Crippen molar-refractivity contribution in [3.05, 3.63) is 66.2 Å². The van der Waals surface area contributed by atoms with Crippen molar-refractivity contribution in [2.45, 2.75) is 12.5 Å². The maximum atomic E-state index is 11.9. The highest BCUT2D eigenvalue weighted by molar-refractivity contribution is 6.06. The molecule has 1 aliphatic heterocycles. The summed E-state index contributed by atoms with van der Waals surface area (Å²) in [6.07, 6.45) is 1.02. The van der Waals surface area contributed by atoms with E-state index < -0.39 is 5.91 Å². The van der Waals surface area contributed by atoms with Crippen LogP contribution in [0.3, 0.4) is 0 Å². The molecule has 126 valence electrons. The van der Waals surface area contributed by atoms with E-state index in [1.54, 1.807) is 0 Å². The molecule has 0 radical (unpaired) electrons. The van der Waals surface area contributed by atoms with Crippen LogP contribution in [0.5, 0.6) is 0 Å². The topological polar surface area (TPSA) is 71.2 Å².